The van der Waals surface area contributed by atoms with Crippen molar-refractivity contribution in [2.24, 2.45) is 0 Å². The molecule has 4 rings (SSSR count). The van der Waals surface area contributed by atoms with E-state index in [0.29, 0.717) is 53.8 Å². The van der Waals surface area contributed by atoms with Crippen LogP contribution in [0.15, 0.2) is 33.9 Å². The molecule has 1 saturated heterocycles. The third-order valence-electron chi connectivity index (χ3n) is 5.70. The summed E-state index contributed by atoms with van der Waals surface area (Å²) in [7, 11) is 1.77. The van der Waals surface area contributed by atoms with Gasteiger partial charge >= 0.3 is 0 Å². The highest BCUT2D eigenvalue weighted by Crippen LogP contribution is 2.39. The molecule has 1 unspecified atom stereocenters. The number of anilines is 1. The zero-order valence-electron chi connectivity index (χ0n) is 19.6. The highest BCUT2D eigenvalue weighted by Gasteiger charge is 2.42. The lowest BCUT2D eigenvalue weighted by Gasteiger charge is -2.28. The molecule has 1 atom stereocenters. The molecular formula is C22H28Cl2N4O4S3. The topological polar surface area (TPSA) is 83.0 Å². The maximum absolute atomic E-state index is 13.9. The van der Waals surface area contributed by atoms with Crippen LogP contribution in [-0.2, 0) is 14.8 Å². The van der Waals surface area contributed by atoms with Crippen LogP contribution in [0.1, 0.15) is 19.3 Å². The number of carbonyl (C=O) groups is 1. The average Bonchev–Trinajstić information content (AvgIpc) is 3.57. The van der Waals surface area contributed by atoms with Gasteiger partial charge in [-0.05, 0) is 63.5 Å². The fraction of sp³-hybridized carbons (Fsp3) is 0.455. The van der Waals surface area contributed by atoms with E-state index in [2.05, 4.69) is 0 Å². The molecule has 13 heteroatoms. The number of fused-ring (bicyclic) bond motifs is 1. The van der Waals surface area contributed by atoms with Crippen LogP contribution < -0.4 is 9.64 Å². The summed E-state index contributed by atoms with van der Waals surface area (Å²) in [5, 5.41) is 2.75. The Hall–Kier alpha value is -1.47. The number of hydrogen-bond acceptors (Lipinski definition) is 8. The van der Waals surface area contributed by atoms with Crippen molar-refractivity contribution in [1.82, 2.24) is 14.2 Å². The van der Waals surface area contributed by atoms with Crippen LogP contribution in [0, 0.1) is 0 Å². The van der Waals surface area contributed by atoms with Crippen molar-refractivity contribution in [3.05, 3.63) is 34.7 Å². The Labute approximate surface area is 224 Å². The van der Waals surface area contributed by atoms with Crippen molar-refractivity contribution in [1.29, 1.82) is 0 Å². The number of ether oxygens (including phenoxy) is 1. The molecule has 0 aliphatic carbocycles. The fourth-order valence-corrected chi connectivity index (χ4v) is 8.10. The highest BCUT2D eigenvalue weighted by atomic mass is 35.5. The van der Waals surface area contributed by atoms with E-state index in [0.717, 1.165) is 22.6 Å². The number of aromatic nitrogens is 1. The summed E-state index contributed by atoms with van der Waals surface area (Å²) in [6.07, 6.45) is 1.82. The van der Waals surface area contributed by atoms with Gasteiger partial charge in [0.1, 0.15) is 21.5 Å². The summed E-state index contributed by atoms with van der Waals surface area (Å²) in [6, 6.07) is 6.01. The summed E-state index contributed by atoms with van der Waals surface area (Å²) in [6.45, 7) is 1.52. The first-order valence-electron chi connectivity index (χ1n) is 10.9. The minimum absolute atomic E-state index is 0. The number of nitrogens with zero attached hydrogens (tertiary/aromatic N) is 4. The van der Waals surface area contributed by atoms with Crippen LogP contribution >= 0.6 is 46.7 Å². The molecule has 1 aliphatic rings. The van der Waals surface area contributed by atoms with Gasteiger partial charge in [-0.2, -0.15) is 4.31 Å². The van der Waals surface area contributed by atoms with Gasteiger partial charge in [-0.25, -0.2) is 13.4 Å². The van der Waals surface area contributed by atoms with Gasteiger partial charge in [0, 0.05) is 13.1 Å². The first-order chi connectivity index (χ1) is 16.2. The predicted octanol–water partition coefficient (Wildman–Crippen LogP) is 4.58. The summed E-state index contributed by atoms with van der Waals surface area (Å²) in [5.74, 6) is 0.316. The van der Waals surface area contributed by atoms with Gasteiger partial charge in [0.25, 0.3) is 10.0 Å². The largest absolute Gasteiger partial charge is 0.494 e. The van der Waals surface area contributed by atoms with Crippen molar-refractivity contribution in [2.75, 3.05) is 45.7 Å². The number of amides is 1. The van der Waals surface area contributed by atoms with Crippen LogP contribution in [0.2, 0.25) is 5.02 Å². The molecule has 0 spiro atoms. The molecule has 0 radical (unpaired) electrons. The zero-order valence-corrected chi connectivity index (χ0v) is 23.7. The quantitative estimate of drug-likeness (QED) is 0.369. The standard InChI is InChI=1S/C22H27ClN4O4S3.ClH/c1-25(2)11-6-12-26(22-24-19-17(31-3)10-9-15(23)20(19)33-22)21(28)16-7-4-13-27(16)34(29,30)18-8-5-14-32-18;/h5,8-10,14,16H,4,6-7,11-13H2,1-3H3;1H. The average molecular weight is 580 g/mol. The van der Waals surface area contributed by atoms with Gasteiger partial charge in [-0.3, -0.25) is 9.69 Å². The fourth-order valence-electron chi connectivity index (χ4n) is 4.05. The number of benzene rings is 1. The lowest BCUT2D eigenvalue weighted by Crippen LogP contribution is -2.48. The summed E-state index contributed by atoms with van der Waals surface area (Å²) >= 11 is 8.89. The van der Waals surface area contributed by atoms with E-state index in [1.54, 1.807) is 41.7 Å². The Bertz CT molecular complexity index is 1270. The van der Waals surface area contributed by atoms with Crippen LogP contribution in [-0.4, -0.2) is 75.4 Å². The normalized spacial score (nSPS) is 16.5. The predicted molar refractivity (Wildman–Crippen MR) is 145 cm³/mol. The maximum Gasteiger partial charge on any atom is 0.253 e. The van der Waals surface area contributed by atoms with E-state index >= 15 is 0 Å². The lowest BCUT2D eigenvalue weighted by molar-refractivity contribution is -0.121. The van der Waals surface area contributed by atoms with E-state index < -0.39 is 16.1 Å². The summed E-state index contributed by atoms with van der Waals surface area (Å²) in [5.41, 5.74) is 0.592. The number of rotatable bonds is 9. The van der Waals surface area contributed by atoms with Gasteiger partial charge in [0.05, 0.1) is 16.8 Å². The van der Waals surface area contributed by atoms with Gasteiger partial charge in [0.2, 0.25) is 5.91 Å². The van der Waals surface area contributed by atoms with Crippen LogP contribution in [0.25, 0.3) is 10.2 Å². The number of thiophene rings is 1. The monoisotopic (exact) mass is 578 g/mol. The molecule has 35 heavy (non-hydrogen) atoms. The van der Waals surface area contributed by atoms with Crippen molar-refractivity contribution in [3.8, 4) is 5.75 Å². The van der Waals surface area contributed by atoms with E-state index in [9.17, 15) is 13.2 Å². The lowest BCUT2D eigenvalue weighted by atomic mass is 10.2. The van der Waals surface area contributed by atoms with Crippen molar-refractivity contribution < 1.29 is 17.9 Å². The SMILES string of the molecule is COc1ccc(Cl)c2sc(N(CCCN(C)C)C(=O)C3CCCN3S(=O)(=O)c3cccs3)nc12.Cl. The molecule has 1 aliphatic heterocycles. The maximum atomic E-state index is 13.9. The van der Waals surface area contributed by atoms with Gasteiger partial charge in [0.15, 0.2) is 5.13 Å². The molecule has 2 aromatic heterocycles. The number of methoxy groups -OCH3 is 1. The number of thiazole rings is 1. The number of hydrogen-bond donors (Lipinski definition) is 0. The zero-order chi connectivity index (χ0) is 24.5. The van der Waals surface area contributed by atoms with Crippen molar-refractivity contribution >= 4 is 78.0 Å². The molecule has 8 nitrogen and oxygen atoms in total. The number of sulfonamides is 1. The molecule has 0 bridgehead atoms. The second-order valence-corrected chi connectivity index (χ2v) is 12.7. The van der Waals surface area contributed by atoms with E-state index in [1.165, 1.54) is 15.6 Å². The van der Waals surface area contributed by atoms with Crippen molar-refractivity contribution in [3.63, 3.8) is 0 Å². The summed E-state index contributed by atoms with van der Waals surface area (Å²) in [4.78, 5) is 22.3. The molecule has 0 saturated carbocycles. The first kappa shape index (κ1) is 28.1. The molecule has 1 fully saturated rings. The highest BCUT2D eigenvalue weighted by molar-refractivity contribution is 7.91. The van der Waals surface area contributed by atoms with E-state index in [-0.39, 0.29) is 22.5 Å². The smallest absolute Gasteiger partial charge is 0.253 e. The Kier molecular flexibility index (Phi) is 9.41. The van der Waals surface area contributed by atoms with Crippen molar-refractivity contribution in [2.45, 2.75) is 29.5 Å². The Morgan fingerprint density at radius 2 is 2.06 bits per heavy atom. The molecular weight excluding hydrogens is 551 g/mol. The van der Waals surface area contributed by atoms with E-state index in [1.807, 2.05) is 19.0 Å². The first-order valence-corrected chi connectivity index (χ1v) is 14.4. The van der Waals surface area contributed by atoms with Gasteiger partial charge in [-0.1, -0.05) is 29.0 Å². The van der Waals surface area contributed by atoms with E-state index in [4.69, 9.17) is 21.3 Å². The Morgan fingerprint density at radius 1 is 1.29 bits per heavy atom. The van der Waals surface area contributed by atoms with Crippen LogP contribution in [0.5, 0.6) is 5.75 Å². The second-order valence-electron chi connectivity index (χ2n) is 8.28. The third kappa shape index (κ3) is 5.76. The Morgan fingerprint density at radius 3 is 2.71 bits per heavy atom. The second kappa shape index (κ2) is 11.7. The van der Waals surface area contributed by atoms with Gasteiger partial charge in [-0.15, -0.1) is 23.7 Å². The van der Waals surface area contributed by atoms with Crippen LogP contribution in [0.3, 0.4) is 0 Å². The third-order valence-corrected chi connectivity index (χ3v) is 10.5. The molecule has 1 amide bonds. The molecule has 0 N–H and O–H groups in total. The molecule has 3 aromatic rings. The molecule has 3 heterocycles. The molecule has 192 valence electrons. The van der Waals surface area contributed by atoms with Crippen LogP contribution in [0.4, 0.5) is 5.13 Å². The number of halogens is 2. The minimum Gasteiger partial charge on any atom is -0.494 e. The number of carbonyl (C=O) groups excluding carboxylic acids is 1. The minimum atomic E-state index is -3.74. The Balaban J connectivity index is 0.00000342. The summed E-state index contributed by atoms with van der Waals surface area (Å²) < 4.78 is 34.3. The molecule has 1 aromatic carbocycles. The van der Waals surface area contributed by atoms with Gasteiger partial charge < -0.3 is 9.64 Å².